The number of rotatable bonds is 38. The number of carbonyl (C=O) groups excluding carboxylic acids is 11. The fourth-order valence-electron chi connectivity index (χ4n) is 11.3. The summed E-state index contributed by atoms with van der Waals surface area (Å²) >= 11 is 13.7. The second kappa shape index (κ2) is 39.4. The Morgan fingerprint density at radius 3 is 1.55 bits per heavy atom. The number of aliphatic hydroxyl groups is 1. The van der Waals surface area contributed by atoms with Crippen LogP contribution in [0.1, 0.15) is 101 Å². The van der Waals surface area contributed by atoms with Crippen molar-refractivity contribution in [1.29, 1.82) is 0 Å². The number of nitrogens with one attached hydrogen (secondary N) is 9. The third-order valence-corrected chi connectivity index (χ3v) is 18.1. The Bertz CT molecular complexity index is 3670. The molecule has 2 heterocycles. The summed E-state index contributed by atoms with van der Waals surface area (Å²) in [6.45, 7) is 5.62. The van der Waals surface area contributed by atoms with E-state index < -0.39 is 132 Å². The molecule has 28 nitrogen and oxygen atoms in total. The van der Waals surface area contributed by atoms with Gasteiger partial charge in [0.25, 0.3) is 0 Å². The molecule has 19 N–H and O–H groups in total. The number of carbonyl (C=O) groups is 11. The van der Waals surface area contributed by atoms with Crippen LogP contribution < -0.4 is 70.8 Å². The van der Waals surface area contributed by atoms with Crippen molar-refractivity contribution in [2.75, 3.05) is 26.2 Å². The van der Waals surface area contributed by atoms with Gasteiger partial charge in [-0.2, -0.15) is 0 Å². The molecule has 0 bridgehead atoms. The maximum absolute atomic E-state index is 14.9. The quantitative estimate of drug-likeness (QED) is 0.0150. The number of nitrogens with zero attached hydrogens (tertiary/aromatic N) is 2. The topological polar surface area (TPSA) is 456 Å². The number of guanidine groups is 1. The van der Waals surface area contributed by atoms with Gasteiger partial charge in [-0.1, -0.05) is 91.6 Å². The third-order valence-electron chi connectivity index (χ3n) is 16.6. The van der Waals surface area contributed by atoms with E-state index in [-0.39, 0.29) is 101 Å². The molecule has 0 unspecified atom stereocenters. The molecule has 0 spiro atoms. The first kappa shape index (κ1) is 79.6. The van der Waals surface area contributed by atoms with E-state index in [1.54, 1.807) is 73.8 Å². The summed E-state index contributed by atoms with van der Waals surface area (Å²) in [5.74, 6) is -9.29. The molecule has 540 valence electrons. The van der Waals surface area contributed by atoms with E-state index in [1.165, 1.54) is 54.3 Å². The summed E-state index contributed by atoms with van der Waals surface area (Å²) in [4.78, 5) is 160. The number of thiophene rings is 1. The van der Waals surface area contributed by atoms with Crippen molar-refractivity contribution in [3.8, 4) is 5.75 Å². The van der Waals surface area contributed by atoms with Gasteiger partial charge in [-0.15, -0.1) is 11.3 Å². The number of halogens is 2. The predicted octanol–water partition coefficient (Wildman–Crippen LogP) is 1.28. The Morgan fingerprint density at radius 2 is 1.03 bits per heavy atom. The maximum Gasteiger partial charge on any atom is 0.245 e. The van der Waals surface area contributed by atoms with Gasteiger partial charge in [0.1, 0.15) is 66.2 Å². The number of benzene rings is 4. The largest absolute Gasteiger partial charge is 0.508 e. The molecule has 1 aliphatic rings. The maximum atomic E-state index is 14.9. The lowest BCUT2D eigenvalue weighted by Gasteiger charge is -2.31. The molecule has 1 aliphatic heterocycles. The van der Waals surface area contributed by atoms with E-state index >= 15 is 0 Å². The zero-order chi connectivity index (χ0) is 73.2. The Labute approximate surface area is 594 Å². The van der Waals surface area contributed by atoms with Gasteiger partial charge in [0.2, 0.25) is 65.0 Å². The van der Waals surface area contributed by atoms with Crippen LogP contribution in [-0.4, -0.2) is 173 Å². The first-order valence-corrected chi connectivity index (χ1v) is 34.6. The van der Waals surface area contributed by atoms with Crippen LogP contribution in [0.2, 0.25) is 10.0 Å². The SMILES string of the molecule is CC(=O)N[C@@H](Cc1ccc(Cl)cc1)C(=O)N[C@@H](Cc1ccc(Cl)cc1)C(=O)N[C@@H](Cc1csc2ccccc12)C(=O)N[C@@H](CO)C(=O)N[C@@H](Cc1ccc(O)cc1)C(=O)N[C@@H](CCCCN)C(=O)N[C@@H](CC(C)C)C(=O)N[C@@H](CCCN=C(N)N)C(=O)N1CCC[C@@H]1C(=O)N[C@@H](C)C(N)=O. The highest BCUT2D eigenvalue weighted by Gasteiger charge is 2.40. The van der Waals surface area contributed by atoms with E-state index in [4.69, 9.17) is 46.1 Å². The van der Waals surface area contributed by atoms with Gasteiger partial charge >= 0.3 is 0 Å². The van der Waals surface area contributed by atoms with Crippen LogP contribution in [0.3, 0.4) is 0 Å². The summed E-state index contributed by atoms with van der Waals surface area (Å²) in [6, 6.07) is 12.6. The Morgan fingerprint density at radius 1 is 0.570 bits per heavy atom. The molecule has 1 fully saturated rings. The number of nitrogens with two attached hydrogens (primary N) is 4. The van der Waals surface area contributed by atoms with Gasteiger partial charge in [0.05, 0.1) is 6.61 Å². The van der Waals surface area contributed by atoms with Gasteiger partial charge < -0.3 is 85.9 Å². The molecule has 100 heavy (non-hydrogen) atoms. The van der Waals surface area contributed by atoms with Gasteiger partial charge in [0.15, 0.2) is 5.96 Å². The molecule has 1 aromatic heterocycles. The average molecular weight is 1440 g/mol. The predicted molar refractivity (Wildman–Crippen MR) is 380 cm³/mol. The molecule has 0 saturated carbocycles. The van der Waals surface area contributed by atoms with Crippen molar-refractivity contribution >= 4 is 116 Å². The summed E-state index contributed by atoms with van der Waals surface area (Å²) in [5, 5.41) is 48.7. The summed E-state index contributed by atoms with van der Waals surface area (Å²) in [7, 11) is 0. The Hall–Kier alpha value is -9.42. The molecule has 1 saturated heterocycles. The van der Waals surface area contributed by atoms with Crippen molar-refractivity contribution in [3.63, 3.8) is 0 Å². The van der Waals surface area contributed by atoms with Crippen LogP contribution in [0, 0.1) is 5.92 Å². The van der Waals surface area contributed by atoms with Crippen LogP contribution >= 0.6 is 34.5 Å². The number of aliphatic imine (C=N–C) groups is 1. The number of hydrogen-bond acceptors (Lipinski definition) is 16. The molecule has 0 radical (unpaired) electrons. The average Bonchev–Trinajstić information content (AvgIpc) is 1.63. The molecule has 6 rings (SSSR count). The summed E-state index contributed by atoms with van der Waals surface area (Å²) in [6.07, 6.45) is 0.970. The minimum atomic E-state index is -1.81. The van der Waals surface area contributed by atoms with Crippen molar-refractivity contribution in [3.05, 3.63) is 135 Å². The monoisotopic (exact) mass is 1440 g/mol. The molecule has 11 amide bonds. The third kappa shape index (κ3) is 25.1. The van der Waals surface area contributed by atoms with Crippen molar-refractivity contribution in [1.82, 2.24) is 52.8 Å². The lowest BCUT2D eigenvalue weighted by molar-refractivity contribution is -0.142. The van der Waals surface area contributed by atoms with Crippen LogP contribution in [-0.2, 0) is 78.4 Å². The molecule has 0 aliphatic carbocycles. The number of unbranched alkanes of at least 4 members (excludes halogenated alkanes) is 1. The molecule has 10 atom stereocenters. The fraction of sp³-hybridized carbons (Fsp3) is 0.449. The van der Waals surface area contributed by atoms with Crippen LogP contribution in [0.4, 0.5) is 0 Å². The normalized spacial score (nSPS) is 15.4. The van der Waals surface area contributed by atoms with Crippen LogP contribution in [0.25, 0.3) is 10.1 Å². The Balaban J connectivity index is 1.26. The van der Waals surface area contributed by atoms with Gasteiger partial charge in [-0.3, -0.25) is 57.7 Å². The minimum absolute atomic E-state index is 0.00658. The van der Waals surface area contributed by atoms with E-state index in [0.29, 0.717) is 45.1 Å². The number of phenols is 1. The summed E-state index contributed by atoms with van der Waals surface area (Å²) in [5.41, 5.74) is 24.6. The van der Waals surface area contributed by atoms with E-state index in [0.717, 1.165) is 10.1 Å². The lowest BCUT2D eigenvalue weighted by atomic mass is 10.00. The fourth-order valence-corrected chi connectivity index (χ4v) is 12.5. The lowest BCUT2D eigenvalue weighted by Crippen LogP contribution is -2.61. The summed E-state index contributed by atoms with van der Waals surface area (Å²) < 4.78 is 0.854. The highest BCUT2D eigenvalue weighted by atomic mass is 35.5. The van der Waals surface area contributed by atoms with Crippen molar-refractivity contribution < 1.29 is 63.0 Å². The number of hydrogen-bond donors (Lipinski definition) is 15. The highest BCUT2D eigenvalue weighted by molar-refractivity contribution is 7.17. The smallest absolute Gasteiger partial charge is 0.245 e. The zero-order valence-electron chi connectivity index (χ0n) is 56.2. The van der Waals surface area contributed by atoms with Gasteiger partial charge in [0, 0.05) is 60.4 Å². The van der Waals surface area contributed by atoms with Crippen LogP contribution in [0.15, 0.2) is 107 Å². The highest BCUT2D eigenvalue weighted by Crippen LogP contribution is 2.27. The number of primary amides is 1. The number of aliphatic hydroxyl groups excluding tert-OH is 1. The van der Waals surface area contributed by atoms with Gasteiger partial charge in [-0.05, 0) is 146 Å². The number of amides is 11. The molecule has 4 aromatic carbocycles. The number of fused-ring (bicyclic) bond motifs is 1. The standard InChI is InChI=1S/C69H91Cl2N15O13S/c1-38(2)31-51(61(92)80-50(13-9-29-76-69(74)75)68(99)86-30-10-14-57(86)67(98)77-39(3)59(73)90)81-60(91)49(12-7-8-28-72)79-63(94)53(34-43-20-26-47(89)27-21-43)83-66(97)56(36-87)85-65(96)55(35-44-37-100-58-15-6-5-11-48(44)58)84-64(95)54(33-42-18-24-46(71)25-19-42)82-62(93)52(78-40(4)88)32-41-16-22-45(70)23-17-41/h5-6,11,15-27,37-39,49-57,87,89H,7-10,12-14,28-36,72H2,1-4H3,(H2,73,90)(H,77,98)(H,78,88)(H,79,94)(H,80,92)(H,81,91)(H,82,93)(H,83,97)(H,84,95)(H,85,96)(H4,74,75,76)/t39-,49-,50-,51-,52-,53-,54-,55-,56-,57+/m0/s1. The second-order valence-electron chi connectivity index (χ2n) is 25.0. The number of likely N-dealkylation sites (tertiary alicyclic amines) is 1. The van der Waals surface area contributed by atoms with Gasteiger partial charge in [-0.25, -0.2) is 0 Å². The number of phenolic OH excluding ortho intramolecular Hbond substituents is 1. The molecular weight excluding hydrogens is 1350 g/mol. The molecule has 5 aromatic rings. The molecular formula is C69H91Cl2N15O13S. The first-order chi connectivity index (χ1) is 47.6. The Kier molecular flexibility index (Phi) is 31.3. The first-order valence-electron chi connectivity index (χ1n) is 33.0. The van der Waals surface area contributed by atoms with Crippen molar-refractivity contribution in [2.24, 2.45) is 33.8 Å². The number of aromatic hydroxyl groups is 1. The van der Waals surface area contributed by atoms with E-state index in [9.17, 15) is 63.0 Å². The molecule has 31 heteroatoms. The minimum Gasteiger partial charge on any atom is -0.508 e. The van der Waals surface area contributed by atoms with Crippen molar-refractivity contribution in [2.45, 2.75) is 165 Å². The van der Waals surface area contributed by atoms with E-state index in [1.807, 2.05) is 18.2 Å². The van der Waals surface area contributed by atoms with Crippen LogP contribution in [0.5, 0.6) is 5.75 Å². The van der Waals surface area contributed by atoms with E-state index in [2.05, 4.69) is 52.8 Å². The second-order valence-corrected chi connectivity index (χ2v) is 26.8. The zero-order valence-corrected chi connectivity index (χ0v) is 58.6.